The van der Waals surface area contributed by atoms with E-state index >= 15 is 0 Å². The number of ether oxygens (including phenoxy) is 2. The molecule has 194 valence electrons. The number of carbonyl (C=O) groups excluding carboxylic acids is 4. The van der Waals surface area contributed by atoms with E-state index in [2.05, 4.69) is 10.6 Å². The van der Waals surface area contributed by atoms with E-state index in [9.17, 15) is 19.2 Å². The lowest BCUT2D eigenvalue weighted by molar-refractivity contribution is -0.122. The molecule has 1 saturated heterocycles. The number of nitrogens with one attached hydrogen (secondary N) is 2. The quantitative estimate of drug-likeness (QED) is 0.314. The summed E-state index contributed by atoms with van der Waals surface area (Å²) in [6.45, 7) is 1.47. The molecule has 1 fully saturated rings. The SMILES string of the molecule is COc1ccc(N2C(=O)NC(=O)/C(=C\c3cc(Cl)ccc3OCC(=O)Nc3ccc(C)c(Cl)c3)C2=O)cc1. The van der Waals surface area contributed by atoms with Crippen molar-refractivity contribution in [1.29, 1.82) is 0 Å². The van der Waals surface area contributed by atoms with Crippen LogP contribution in [-0.2, 0) is 14.4 Å². The van der Waals surface area contributed by atoms with Crippen molar-refractivity contribution in [2.45, 2.75) is 6.92 Å². The number of benzene rings is 3. The number of barbiturate groups is 1. The number of methoxy groups -OCH3 is 1. The van der Waals surface area contributed by atoms with E-state index in [1.165, 1.54) is 43.5 Å². The molecule has 0 aliphatic carbocycles. The molecule has 0 atom stereocenters. The van der Waals surface area contributed by atoms with Crippen LogP contribution in [0.4, 0.5) is 16.2 Å². The number of aryl methyl sites for hydroxylation is 1. The summed E-state index contributed by atoms with van der Waals surface area (Å²) in [6.07, 6.45) is 1.25. The van der Waals surface area contributed by atoms with Gasteiger partial charge < -0.3 is 14.8 Å². The van der Waals surface area contributed by atoms with Crippen LogP contribution in [0.5, 0.6) is 11.5 Å². The Hall–Kier alpha value is -4.34. The summed E-state index contributed by atoms with van der Waals surface area (Å²) in [5.41, 5.74) is 1.54. The average molecular weight is 554 g/mol. The van der Waals surface area contributed by atoms with Gasteiger partial charge in [-0.1, -0.05) is 29.3 Å². The number of halogens is 2. The second-order valence-corrected chi connectivity index (χ2v) is 8.98. The molecule has 0 unspecified atom stereocenters. The number of imide groups is 2. The number of amides is 5. The van der Waals surface area contributed by atoms with E-state index in [0.717, 1.165) is 10.5 Å². The number of rotatable bonds is 7. The van der Waals surface area contributed by atoms with Crippen LogP contribution in [0, 0.1) is 6.92 Å². The molecule has 1 aliphatic heterocycles. The van der Waals surface area contributed by atoms with Gasteiger partial charge in [0.05, 0.1) is 12.8 Å². The van der Waals surface area contributed by atoms with Crippen molar-refractivity contribution < 1.29 is 28.7 Å². The molecule has 38 heavy (non-hydrogen) atoms. The Balaban J connectivity index is 1.56. The lowest BCUT2D eigenvalue weighted by Crippen LogP contribution is -2.54. The fraction of sp³-hybridized carbons (Fsp3) is 0.111. The third kappa shape index (κ3) is 5.96. The zero-order chi connectivity index (χ0) is 27.4. The van der Waals surface area contributed by atoms with Crippen molar-refractivity contribution in [1.82, 2.24) is 5.32 Å². The van der Waals surface area contributed by atoms with E-state index in [0.29, 0.717) is 21.5 Å². The van der Waals surface area contributed by atoms with Gasteiger partial charge in [-0.15, -0.1) is 0 Å². The largest absolute Gasteiger partial charge is 0.497 e. The highest BCUT2D eigenvalue weighted by Crippen LogP contribution is 2.29. The van der Waals surface area contributed by atoms with Crippen molar-refractivity contribution >= 4 is 64.4 Å². The van der Waals surface area contributed by atoms with Crippen LogP contribution in [0.25, 0.3) is 6.08 Å². The molecule has 2 N–H and O–H groups in total. The van der Waals surface area contributed by atoms with Gasteiger partial charge in [0.25, 0.3) is 17.7 Å². The minimum Gasteiger partial charge on any atom is -0.497 e. The van der Waals surface area contributed by atoms with Crippen molar-refractivity contribution in [3.05, 3.63) is 87.4 Å². The third-order valence-electron chi connectivity index (χ3n) is 5.52. The number of hydrogen-bond donors (Lipinski definition) is 2. The van der Waals surface area contributed by atoms with Crippen LogP contribution >= 0.6 is 23.2 Å². The van der Waals surface area contributed by atoms with E-state index < -0.39 is 23.8 Å². The van der Waals surface area contributed by atoms with E-state index in [1.54, 1.807) is 30.3 Å². The number of nitrogens with zero attached hydrogens (tertiary/aromatic N) is 1. The molecule has 4 rings (SSSR count). The Bertz CT molecular complexity index is 1470. The summed E-state index contributed by atoms with van der Waals surface area (Å²) in [6, 6.07) is 14.9. The summed E-state index contributed by atoms with van der Waals surface area (Å²) >= 11 is 12.2. The Morgan fingerprint density at radius 2 is 1.76 bits per heavy atom. The molecule has 3 aromatic rings. The first-order valence-corrected chi connectivity index (χ1v) is 12.0. The molecule has 0 spiro atoms. The summed E-state index contributed by atoms with van der Waals surface area (Å²) in [7, 11) is 1.49. The van der Waals surface area contributed by atoms with Crippen LogP contribution < -0.4 is 25.0 Å². The monoisotopic (exact) mass is 553 g/mol. The minimum absolute atomic E-state index is 0.187. The smallest absolute Gasteiger partial charge is 0.335 e. The van der Waals surface area contributed by atoms with Crippen LogP contribution in [0.15, 0.2) is 66.2 Å². The summed E-state index contributed by atoms with van der Waals surface area (Å²) < 4.78 is 10.8. The molecule has 0 bridgehead atoms. The van der Waals surface area contributed by atoms with Gasteiger partial charge in [0.15, 0.2) is 6.61 Å². The van der Waals surface area contributed by atoms with Gasteiger partial charge in [0, 0.05) is 21.3 Å². The number of urea groups is 1. The molecular formula is C27H21Cl2N3O6. The highest BCUT2D eigenvalue weighted by Gasteiger charge is 2.37. The molecule has 0 radical (unpaired) electrons. The molecule has 0 saturated carbocycles. The fourth-order valence-corrected chi connectivity index (χ4v) is 3.91. The van der Waals surface area contributed by atoms with Crippen molar-refractivity contribution in [2.24, 2.45) is 0 Å². The first-order valence-electron chi connectivity index (χ1n) is 11.2. The normalized spacial score (nSPS) is 14.4. The number of hydrogen-bond acceptors (Lipinski definition) is 6. The Labute approximate surface area is 227 Å². The van der Waals surface area contributed by atoms with Gasteiger partial charge in [0.2, 0.25) is 0 Å². The van der Waals surface area contributed by atoms with Crippen LogP contribution in [-0.4, -0.2) is 37.5 Å². The van der Waals surface area contributed by atoms with Crippen molar-refractivity contribution in [2.75, 3.05) is 23.9 Å². The average Bonchev–Trinajstić information content (AvgIpc) is 2.88. The van der Waals surface area contributed by atoms with Gasteiger partial charge in [-0.2, -0.15) is 0 Å². The van der Waals surface area contributed by atoms with Crippen molar-refractivity contribution in [3.8, 4) is 11.5 Å². The predicted molar refractivity (Wildman–Crippen MR) is 144 cm³/mol. The molecule has 3 aromatic carbocycles. The Morgan fingerprint density at radius 3 is 2.45 bits per heavy atom. The van der Waals surface area contributed by atoms with E-state index in [-0.39, 0.29) is 29.2 Å². The van der Waals surface area contributed by atoms with Gasteiger partial charge in [-0.3, -0.25) is 19.7 Å². The highest BCUT2D eigenvalue weighted by molar-refractivity contribution is 6.39. The van der Waals surface area contributed by atoms with E-state index in [1.807, 2.05) is 6.92 Å². The number of anilines is 2. The second kappa shape index (κ2) is 11.4. The number of carbonyl (C=O) groups is 4. The summed E-state index contributed by atoms with van der Waals surface area (Å²) in [5.74, 6) is -1.47. The standard InChI is InChI=1S/C27H21Cl2N3O6/c1-15-3-5-18(13-22(15)29)30-24(33)14-38-23-10-4-17(28)11-16(23)12-21-25(34)31-27(36)32(26(21)35)19-6-8-20(37-2)9-7-19/h3-13H,14H2,1-2H3,(H,30,33)(H,31,34,36)/b21-12+. The van der Waals surface area contributed by atoms with Crippen LogP contribution in [0.1, 0.15) is 11.1 Å². The fourth-order valence-electron chi connectivity index (χ4n) is 3.55. The third-order valence-corrected chi connectivity index (χ3v) is 6.16. The molecule has 1 aliphatic rings. The predicted octanol–water partition coefficient (Wildman–Crippen LogP) is 4.99. The van der Waals surface area contributed by atoms with Crippen LogP contribution in [0.3, 0.4) is 0 Å². The minimum atomic E-state index is -0.891. The topological polar surface area (TPSA) is 114 Å². The summed E-state index contributed by atoms with van der Waals surface area (Å²) in [5, 5.41) is 5.65. The molecule has 11 heteroatoms. The molecule has 0 aromatic heterocycles. The van der Waals surface area contributed by atoms with E-state index in [4.69, 9.17) is 32.7 Å². The molecule has 9 nitrogen and oxygen atoms in total. The van der Waals surface area contributed by atoms with Gasteiger partial charge in [0.1, 0.15) is 17.1 Å². The summed E-state index contributed by atoms with van der Waals surface area (Å²) in [4.78, 5) is 51.6. The second-order valence-electron chi connectivity index (χ2n) is 8.14. The van der Waals surface area contributed by atoms with Crippen LogP contribution in [0.2, 0.25) is 10.0 Å². The molecule has 5 amide bonds. The Kier molecular flexibility index (Phi) is 7.99. The highest BCUT2D eigenvalue weighted by atomic mass is 35.5. The molecule has 1 heterocycles. The maximum Gasteiger partial charge on any atom is 0.335 e. The Morgan fingerprint density at radius 1 is 1.03 bits per heavy atom. The lowest BCUT2D eigenvalue weighted by atomic mass is 10.1. The van der Waals surface area contributed by atoms with Crippen molar-refractivity contribution in [3.63, 3.8) is 0 Å². The maximum atomic E-state index is 13.2. The zero-order valence-corrected chi connectivity index (χ0v) is 21.7. The first kappa shape index (κ1) is 26.7. The first-order chi connectivity index (χ1) is 18.2. The maximum absolute atomic E-state index is 13.2. The van der Waals surface area contributed by atoms with Gasteiger partial charge in [-0.25, -0.2) is 9.69 Å². The van der Waals surface area contributed by atoms with Gasteiger partial charge >= 0.3 is 6.03 Å². The molecular weight excluding hydrogens is 533 g/mol. The van der Waals surface area contributed by atoms with Gasteiger partial charge in [-0.05, 0) is 73.2 Å². The lowest BCUT2D eigenvalue weighted by Gasteiger charge is -2.26. The zero-order valence-electron chi connectivity index (χ0n) is 20.2.